The summed E-state index contributed by atoms with van der Waals surface area (Å²) in [6.07, 6.45) is 1.94. The minimum Gasteiger partial charge on any atom is -0.336 e. The first kappa shape index (κ1) is 10.9. The summed E-state index contributed by atoms with van der Waals surface area (Å²) in [5.41, 5.74) is 0. The Morgan fingerprint density at radius 3 is 2.64 bits per heavy atom. The number of hydrogen-bond acceptors (Lipinski definition) is 1. The van der Waals surface area contributed by atoms with Crippen LogP contribution >= 0.6 is 0 Å². The van der Waals surface area contributed by atoms with Gasteiger partial charge in [-0.3, -0.25) is 0 Å². The summed E-state index contributed by atoms with van der Waals surface area (Å²) in [6.45, 7) is 2.50. The molecule has 0 heterocycles. The summed E-state index contributed by atoms with van der Waals surface area (Å²) in [7, 11) is -0.352. The summed E-state index contributed by atoms with van der Waals surface area (Å²) in [6, 6.07) is 9.57. The molecule has 0 aliphatic carbocycles. The fraction of sp³-hybridized carbons (Fsp3) is 0.300. The van der Waals surface area contributed by atoms with Gasteiger partial charge in [0.15, 0.2) is 0 Å². The Bertz CT molecular complexity index is 335. The lowest BCUT2D eigenvalue weighted by Gasteiger charge is -2.01. The van der Waals surface area contributed by atoms with Gasteiger partial charge in [-0.15, -0.1) is 0 Å². The van der Waals surface area contributed by atoms with Crippen molar-refractivity contribution in [1.29, 1.82) is 0 Å². The lowest BCUT2D eigenvalue weighted by Crippen LogP contribution is -2.19. The van der Waals surface area contributed by atoms with Crippen LogP contribution in [0.25, 0.3) is 0 Å². The third-order valence-corrected chi connectivity index (χ3v) is 3.03. The molecule has 0 bridgehead atoms. The van der Waals surface area contributed by atoms with Crippen molar-refractivity contribution in [3.63, 3.8) is 0 Å². The van der Waals surface area contributed by atoms with Crippen LogP contribution in [0.5, 0.6) is 0 Å². The molecule has 0 aliphatic rings. The Kier molecular flexibility index (Phi) is 4.32. The van der Waals surface area contributed by atoms with Crippen LogP contribution in [0.1, 0.15) is 6.92 Å². The fourth-order valence-corrected chi connectivity index (χ4v) is 1.95. The van der Waals surface area contributed by atoms with Gasteiger partial charge < -0.3 is 5.32 Å². The smallest absolute Gasteiger partial charge is 0.336 e. The molecular formula is C10H14N2OS. The van der Waals surface area contributed by atoms with Crippen molar-refractivity contribution >= 4 is 16.7 Å². The monoisotopic (exact) mass is 210 g/mol. The number of benzene rings is 1. The maximum atomic E-state index is 11.2. The molecule has 76 valence electrons. The summed E-state index contributed by atoms with van der Waals surface area (Å²) >= 11 is 0. The zero-order valence-electron chi connectivity index (χ0n) is 8.36. The predicted molar refractivity (Wildman–Crippen MR) is 59.5 cm³/mol. The van der Waals surface area contributed by atoms with E-state index in [1.54, 1.807) is 0 Å². The van der Waals surface area contributed by atoms with Crippen molar-refractivity contribution in [1.82, 2.24) is 5.32 Å². The van der Waals surface area contributed by atoms with E-state index in [-0.39, 0.29) is 16.7 Å². The lowest BCUT2D eigenvalue weighted by atomic mass is 10.4. The molecule has 0 saturated heterocycles. The first-order valence-corrected chi connectivity index (χ1v) is 6.03. The number of hydrogen-bond donors (Lipinski definition) is 1. The van der Waals surface area contributed by atoms with Crippen LogP contribution in [0.2, 0.25) is 0 Å². The molecule has 0 saturated carbocycles. The van der Waals surface area contributed by atoms with E-state index in [0.29, 0.717) is 6.54 Å². The number of nitrogens with zero attached hydrogens (tertiary/aromatic N) is 1. The van der Waals surface area contributed by atoms with Crippen LogP contribution in [0, 0.1) is 0 Å². The Morgan fingerprint density at radius 1 is 1.43 bits per heavy atom. The second-order valence-electron chi connectivity index (χ2n) is 2.72. The maximum absolute atomic E-state index is 11.2. The Morgan fingerprint density at radius 2 is 2.07 bits per heavy atom. The highest BCUT2D eigenvalue weighted by molar-refractivity contribution is 7.86. The largest absolute Gasteiger partial charge is 0.347 e. The van der Waals surface area contributed by atoms with Gasteiger partial charge in [0.2, 0.25) is 0 Å². The van der Waals surface area contributed by atoms with Gasteiger partial charge >= 0.3 is 6.03 Å². The van der Waals surface area contributed by atoms with Crippen LogP contribution in [-0.4, -0.2) is 18.8 Å². The van der Waals surface area contributed by atoms with E-state index in [2.05, 4.69) is 9.68 Å². The number of urea groups is 1. The molecule has 14 heavy (non-hydrogen) atoms. The van der Waals surface area contributed by atoms with Crippen LogP contribution < -0.4 is 5.32 Å². The van der Waals surface area contributed by atoms with E-state index in [1.165, 1.54) is 0 Å². The minimum atomic E-state index is -0.352. The Hall–Kier alpha value is -1.16. The van der Waals surface area contributed by atoms with Crippen LogP contribution in [0.15, 0.2) is 39.6 Å². The normalized spacial score (nSPS) is 12.4. The first-order chi connectivity index (χ1) is 6.74. The standard InChI is InChI=1S/C10H14N2OS/c1-3-11-10(13)12-14(2)9-7-5-4-6-8-9/h4-8H,3H2,1-2H3,(H,11,13). The average Bonchev–Trinajstić information content (AvgIpc) is 2.19. The highest BCUT2D eigenvalue weighted by Gasteiger charge is 1.98. The van der Waals surface area contributed by atoms with Gasteiger partial charge in [-0.05, 0) is 25.3 Å². The van der Waals surface area contributed by atoms with Crippen LogP contribution in [-0.2, 0) is 10.7 Å². The molecule has 1 unspecified atom stereocenters. The van der Waals surface area contributed by atoms with Crippen molar-refractivity contribution in [2.24, 2.45) is 4.36 Å². The number of nitrogens with one attached hydrogen (secondary N) is 1. The molecule has 1 atom stereocenters. The average molecular weight is 210 g/mol. The minimum absolute atomic E-state index is 0.234. The van der Waals surface area contributed by atoms with E-state index >= 15 is 0 Å². The van der Waals surface area contributed by atoms with Gasteiger partial charge in [-0.1, -0.05) is 28.9 Å². The molecule has 1 N–H and O–H groups in total. The van der Waals surface area contributed by atoms with E-state index in [0.717, 1.165) is 4.90 Å². The molecule has 0 aliphatic heterocycles. The summed E-state index contributed by atoms with van der Waals surface area (Å²) in [5.74, 6) is 0. The van der Waals surface area contributed by atoms with Gasteiger partial charge in [0.05, 0.1) is 0 Å². The van der Waals surface area contributed by atoms with Crippen molar-refractivity contribution in [2.75, 3.05) is 12.8 Å². The molecule has 1 aromatic rings. The third-order valence-electron chi connectivity index (χ3n) is 1.63. The maximum Gasteiger partial charge on any atom is 0.347 e. The number of carbonyl (C=O) groups is 1. The van der Waals surface area contributed by atoms with Crippen molar-refractivity contribution in [2.45, 2.75) is 11.8 Å². The molecule has 1 aromatic carbocycles. The quantitative estimate of drug-likeness (QED) is 0.799. The van der Waals surface area contributed by atoms with E-state index < -0.39 is 0 Å². The number of carbonyl (C=O) groups excluding carboxylic acids is 1. The molecule has 0 radical (unpaired) electrons. The topological polar surface area (TPSA) is 41.5 Å². The predicted octanol–water partition coefficient (Wildman–Crippen LogP) is 2.21. The Balaban J connectivity index is 2.75. The van der Waals surface area contributed by atoms with Gasteiger partial charge in [-0.25, -0.2) is 4.79 Å². The molecule has 0 fully saturated rings. The summed E-state index contributed by atoms with van der Waals surface area (Å²) < 4.78 is 4.01. The van der Waals surface area contributed by atoms with E-state index in [4.69, 9.17) is 0 Å². The molecule has 3 nitrogen and oxygen atoms in total. The van der Waals surface area contributed by atoms with Crippen molar-refractivity contribution in [3.8, 4) is 0 Å². The molecule has 0 aromatic heterocycles. The SMILES string of the molecule is CCNC(=O)N=S(C)c1ccccc1. The zero-order chi connectivity index (χ0) is 10.4. The van der Waals surface area contributed by atoms with Crippen LogP contribution in [0.3, 0.4) is 0 Å². The second-order valence-corrected chi connectivity index (χ2v) is 4.33. The number of amides is 2. The second kappa shape index (κ2) is 5.54. The summed E-state index contributed by atoms with van der Waals surface area (Å²) in [4.78, 5) is 12.2. The highest BCUT2D eigenvalue weighted by Crippen LogP contribution is 2.05. The lowest BCUT2D eigenvalue weighted by molar-refractivity contribution is 0.250. The van der Waals surface area contributed by atoms with E-state index in [9.17, 15) is 4.79 Å². The van der Waals surface area contributed by atoms with Crippen LogP contribution in [0.4, 0.5) is 4.79 Å². The molecule has 2 amide bonds. The summed E-state index contributed by atoms with van der Waals surface area (Å²) in [5, 5.41) is 2.65. The third kappa shape index (κ3) is 3.30. The molecule has 0 spiro atoms. The fourth-order valence-electron chi connectivity index (χ4n) is 0.978. The number of rotatable bonds is 2. The van der Waals surface area contributed by atoms with Gasteiger partial charge in [0.1, 0.15) is 0 Å². The molecule has 4 heteroatoms. The first-order valence-electron chi connectivity index (χ1n) is 4.44. The highest BCUT2D eigenvalue weighted by atomic mass is 32.2. The van der Waals surface area contributed by atoms with Crippen molar-refractivity contribution in [3.05, 3.63) is 30.3 Å². The van der Waals surface area contributed by atoms with Gasteiger partial charge in [0, 0.05) is 11.4 Å². The van der Waals surface area contributed by atoms with E-state index in [1.807, 2.05) is 43.5 Å². The molecular weight excluding hydrogens is 196 g/mol. The van der Waals surface area contributed by atoms with Gasteiger partial charge in [0.25, 0.3) is 0 Å². The van der Waals surface area contributed by atoms with Gasteiger partial charge in [-0.2, -0.15) is 4.36 Å². The molecule has 1 rings (SSSR count). The zero-order valence-corrected chi connectivity index (χ0v) is 9.17. The Labute approximate surface area is 86.6 Å². The van der Waals surface area contributed by atoms with Crippen molar-refractivity contribution < 1.29 is 4.79 Å².